The first-order valence-corrected chi connectivity index (χ1v) is 15.6. The van der Waals surface area contributed by atoms with Crippen molar-refractivity contribution in [3.8, 4) is 0 Å². The number of hydrogen-bond donors (Lipinski definition) is 4. The zero-order valence-corrected chi connectivity index (χ0v) is 24.4. The van der Waals surface area contributed by atoms with Gasteiger partial charge in [0.2, 0.25) is 17.7 Å². The molecule has 1 heterocycles. The van der Waals surface area contributed by atoms with E-state index in [9.17, 15) is 32.7 Å². The van der Waals surface area contributed by atoms with Gasteiger partial charge in [0.05, 0.1) is 29.6 Å². The largest absolute Gasteiger partial charge is 0.390 e. The van der Waals surface area contributed by atoms with E-state index in [1.165, 1.54) is 32.9 Å². The second-order valence-electron chi connectivity index (χ2n) is 11.6. The Morgan fingerprint density at radius 3 is 2.10 bits per heavy atom. The number of benzene rings is 1. The van der Waals surface area contributed by atoms with Crippen molar-refractivity contribution in [1.29, 1.82) is 0 Å². The molecule has 222 valence electrons. The number of ketones is 1. The van der Waals surface area contributed by atoms with Crippen LogP contribution in [0.15, 0.2) is 29.2 Å². The van der Waals surface area contributed by atoms with Crippen molar-refractivity contribution in [1.82, 2.24) is 16.0 Å². The number of rotatable bonds is 14. The maximum Gasteiger partial charge on any atom is 0.243 e. The first-order chi connectivity index (χ1) is 18.6. The van der Waals surface area contributed by atoms with Crippen LogP contribution in [-0.2, 0) is 40.2 Å². The minimum Gasteiger partial charge on any atom is -0.390 e. The standard InChI is InChI=1S/C28H41N3O8S/c1-17(29-24(32)15-28(2,3)36)26(34)31-22(14-19-9-11-20(12-10-19)40(4,37)38)27(35)30-21(25(33)23-16-39-23)13-18-7-5-6-8-18/h9-12,17-18,21-23,36H,5-8,13-16H2,1-4H3,(H,29,32)(H,30,35)(H,31,34). The number of ether oxygens (including phenoxy) is 1. The zero-order chi connectivity index (χ0) is 29.7. The molecule has 0 radical (unpaired) electrons. The van der Waals surface area contributed by atoms with E-state index in [0.717, 1.165) is 31.9 Å². The molecule has 0 aromatic heterocycles. The van der Waals surface area contributed by atoms with Gasteiger partial charge >= 0.3 is 0 Å². The second-order valence-corrected chi connectivity index (χ2v) is 13.6. The Labute approximate surface area is 235 Å². The highest BCUT2D eigenvalue weighted by Crippen LogP contribution is 2.30. The number of epoxide rings is 1. The molecule has 12 heteroatoms. The fourth-order valence-electron chi connectivity index (χ4n) is 4.90. The lowest BCUT2D eigenvalue weighted by molar-refractivity contribution is -0.134. The van der Waals surface area contributed by atoms with Gasteiger partial charge in [0, 0.05) is 12.7 Å². The first-order valence-electron chi connectivity index (χ1n) is 13.7. The average Bonchev–Trinajstić information content (AvgIpc) is 3.57. The van der Waals surface area contributed by atoms with Crippen LogP contribution in [0.4, 0.5) is 0 Å². The van der Waals surface area contributed by atoms with Crippen molar-refractivity contribution in [2.75, 3.05) is 12.9 Å². The van der Waals surface area contributed by atoms with Gasteiger partial charge in [-0.15, -0.1) is 0 Å². The minimum atomic E-state index is -3.41. The molecule has 11 nitrogen and oxygen atoms in total. The van der Waals surface area contributed by atoms with Crippen LogP contribution in [-0.4, -0.2) is 79.7 Å². The highest BCUT2D eigenvalue weighted by molar-refractivity contribution is 7.90. The van der Waals surface area contributed by atoms with Crippen molar-refractivity contribution in [3.05, 3.63) is 29.8 Å². The molecule has 4 N–H and O–H groups in total. The summed E-state index contributed by atoms with van der Waals surface area (Å²) in [6.07, 6.45) is 5.01. The van der Waals surface area contributed by atoms with E-state index in [4.69, 9.17) is 4.74 Å². The molecule has 3 rings (SSSR count). The van der Waals surface area contributed by atoms with Gasteiger partial charge in [0.25, 0.3) is 0 Å². The topological polar surface area (TPSA) is 171 Å². The molecule has 2 aliphatic rings. The Morgan fingerprint density at radius 1 is 1.00 bits per heavy atom. The van der Waals surface area contributed by atoms with Crippen LogP contribution in [0.1, 0.15) is 64.9 Å². The predicted octanol–water partition coefficient (Wildman–Crippen LogP) is 0.816. The van der Waals surface area contributed by atoms with Crippen molar-refractivity contribution in [2.24, 2.45) is 5.92 Å². The third-order valence-corrected chi connectivity index (χ3v) is 8.27. The molecule has 4 unspecified atom stereocenters. The van der Waals surface area contributed by atoms with E-state index in [1.54, 1.807) is 12.1 Å². The van der Waals surface area contributed by atoms with E-state index in [-0.39, 0.29) is 23.5 Å². The van der Waals surface area contributed by atoms with Crippen molar-refractivity contribution < 1.29 is 37.4 Å². The molecular formula is C28H41N3O8S. The second kappa shape index (κ2) is 13.2. The van der Waals surface area contributed by atoms with Crippen LogP contribution in [0.2, 0.25) is 0 Å². The quantitative estimate of drug-likeness (QED) is 0.235. The Bertz CT molecular complexity index is 1180. The van der Waals surface area contributed by atoms with E-state index >= 15 is 0 Å². The monoisotopic (exact) mass is 579 g/mol. The number of carbonyl (C=O) groups excluding carboxylic acids is 4. The highest BCUT2D eigenvalue weighted by atomic mass is 32.2. The van der Waals surface area contributed by atoms with Gasteiger partial charge < -0.3 is 25.8 Å². The molecule has 1 aliphatic carbocycles. The lowest BCUT2D eigenvalue weighted by Crippen LogP contribution is -2.56. The maximum atomic E-state index is 13.5. The third kappa shape index (κ3) is 9.97. The van der Waals surface area contributed by atoms with Gasteiger partial charge in [0.1, 0.15) is 18.2 Å². The van der Waals surface area contributed by atoms with Crippen LogP contribution in [0, 0.1) is 5.92 Å². The number of amides is 3. The molecule has 2 fully saturated rings. The molecule has 1 aromatic carbocycles. The Kier molecular flexibility index (Phi) is 10.5. The van der Waals surface area contributed by atoms with Crippen LogP contribution < -0.4 is 16.0 Å². The van der Waals surface area contributed by atoms with Gasteiger partial charge in [-0.05, 0) is 50.8 Å². The number of aliphatic hydroxyl groups is 1. The summed E-state index contributed by atoms with van der Waals surface area (Å²) in [6, 6.07) is 3.12. The summed E-state index contributed by atoms with van der Waals surface area (Å²) in [7, 11) is -3.41. The lowest BCUT2D eigenvalue weighted by Gasteiger charge is -2.26. The summed E-state index contributed by atoms with van der Waals surface area (Å²) < 4.78 is 28.9. The number of Topliss-reactive ketones (excluding diaryl/α,β-unsaturated/α-hetero) is 1. The zero-order valence-electron chi connectivity index (χ0n) is 23.6. The van der Waals surface area contributed by atoms with Crippen molar-refractivity contribution in [3.63, 3.8) is 0 Å². The predicted molar refractivity (Wildman–Crippen MR) is 147 cm³/mol. The van der Waals surface area contributed by atoms with E-state index in [1.807, 2.05) is 0 Å². The minimum absolute atomic E-state index is 0.0240. The molecule has 4 atom stereocenters. The summed E-state index contributed by atoms with van der Waals surface area (Å²) in [5.74, 6) is -1.58. The number of carbonyl (C=O) groups is 4. The smallest absolute Gasteiger partial charge is 0.243 e. The summed E-state index contributed by atoms with van der Waals surface area (Å²) in [6.45, 7) is 4.74. The molecule has 1 aromatic rings. The van der Waals surface area contributed by atoms with E-state index in [2.05, 4.69) is 16.0 Å². The van der Waals surface area contributed by atoms with Gasteiger partial charge in [-0.3, -0.25) is 19.2 Å². The molecule has 1 saturated heterocycles. The molecule has 1 aliphatic heterocycles. The van der Waals surface area contributed by atoms with Gasteiger partial charge in [-0.1, -0.05) is 37.8 Å². The van der Waals surface area contributed by atoms with Crippen molar-refractivity contribution in [2.45, 2.75) is 100 Å². The maximum absolute atomic E-state index is 13.5. The average molecular weight is 580 g/mol. The first kappa shape index (κ1) is 31.7. The molecule has 3 amide bonds. The third-order valence-electron chi connectivity index (χ3n) is 7.14. The number of sulfone groups is 1. The van der Waals surface area contributed by atoms with Gasteiger partial charge in [0.15, 0.2) is 15.6 Å². The van der Waals surface area contributed by atoms with Gasteiger partial charge in [-0.2, -0.15) is 0 Å². The molecule has 1 saturated carbocycles. The Balaban J connectivity index is 1.76. The fourth-order valence-corrected chi connectivity index (χ4v) is 5.53. The lowest BCUT2D eigenvalue weighted by atomic mass is 9.94. The van der Waals surface area contributed by atoms with Crippen molar-refractivity contribution >= 4 is 33.3 Å². The number of hydrogen-bond acceptors (Lipinski definition) is 8. The van der Waals surface area contributed by atoms with Crippen LogP contribution in [0.3, 0.4) is 0 Å². The Hall–Kier alpha value is -2.83. The summed E-state index contributed by atoms with van der Waals surface area (Å²) in [4.78, 5) is 51.9. The summed E-state index contributed by atoms with van der Waals surface area (Å²) in [5.41, 5.74) is -0.664. The van der Waals surface area contributed by atoms with Crippen LogP contribution in [0.25, 0.3) is 0 Å². The Morgan fingerprint density at radius 2 is 1.57 bits per heavy atom. The van der Waals surface area contributed by atoms with E-state index < -0.39 is 57.4 Å². The molecule has 0 bridgehead atoms. The summed E-state index contributed by atoms with van der Waals surface area (Å²) >= 11 is 0. The molecule has 0 spiro atoms. The highest BCUT2D eigenvalue weighted by Gasteiger charge is 2.39. The summed E-state index contributed by atoms with van der Waals surface area (Å²) in [5, 5.41) is 17.9. The van der Waals surface area contributed by atoms with Gasteiger partial charge in [-0.25, -0.2) is 8.42 Å². The number of nitrogens with one attached hydrogen (secondary N) is 3. The normalized spacial score (nSPS) is 19.8. The molecule has 40 heavy (non-hydrogen) atoms. The van der Waals surface area contributed by atoms with Crippen LogP contribution in [0.5, 0.6) is 0 Å². The fraction of sp³-hybridized carbons (Fsp3) is 0.643. The van der Waals surface area contributed by atoms with E-state index in [0.29, 0.717) is 24.5 Å². The SMILES string of the molecule is CC(NC(=O)CC(C)(C)O)C(=O)NC(Cc1ccc(S(C)(=O)=O)cc1)C(=O)NC(CC1CCCC1)C(=O)C1CO1. The van der Waals surface area contributed by atoms with Crippen LogP contribution >= 0.6 is 0 Å². The molecular weight excluding hydrogens is 538 g/mol.